The summed E-state index contributed by atoms with van der Waals surface area (Å²) >= 11 is 0. The minimum Gasteiger partial charge on any atom is -0.494 e. The van der Waals surface area contributed by atoms with Crippen LogP contribution in [0.15, 0.2) is 18.2 Å². The van der Waals surface area contributed by atoms with Crippen LogP contribution in [0.1, 0.15) is 18.9 Å². The van der Waals surface area contributed by atoms with E-state index in [1.807, 2.05) is 6.92 Å². The molecule has 1 N–H and O–H groups in total. The van der Waals surface area contributed by atoms with E-state index in [9.17, 15) is 12.8 Å². The number of methoxy groups -OCH3 is 1. The number of rotatable bonds is 9. The zero-order chi connectivity index (χ0) is 15.9. The van der Waals surface area contributed by atoms with E-state index >= 15 is 0 Å². The van der Waals surface area contributed by atoms with E-state index in [0.717, 1.165) is 5.56 Å². The first-order valence-corrected chi connectivity index (χ1v) is 8.71. The van der Waals surface area contributed by atoms with Crippen molar-refractivity contribution in [2.75, 3.05) is 33.0 Å². The summed E-state index contributed by atoms with van der Waals surface area (Å²) < 4.78 is 42.6. The maximum atomic E-state index is 13.5. The molecule has 0 fully saturated rings. The molecule has 0 aromatic heterocycles. The van der Waals surface area contributed by atoms with E-state index in [1.165, 1.54) is 23.7 Å². The number of benzene rings is 1. The molecule has 0 aliphatic carbocycles. The van der Waals surface area contributed by atoms with Gasteiger partial charge >= 0.3 is 0 Å². The highest BCUT2D eigenvalue weighted by molar-refractivity contribution is 7.88. The summed E-state index contributed by atoms with van der Waals surface area (Å²) in [6, 6.07) is 4.82. The molecule has 0 amide bonds. The van der Waals surface area contributed by atoms with E-state index in [-0.39, 0.29) is 11.6 Å². The highest BCUT2D eigenvalue weighted by Crippen LogP contribution is 2.17. The van der Waals surface area contributed by atoms with Crippen molar-refractivity contribution in [2.24, 2.45) is 0 Å². The third-order valence-corrected chi connectivity index (χ3v) is 4.51. The Morgan fingerprint density at radius 3 is 2.62 bits per heavy atom. The summed E-state index contributed by atoms with van der Waals surface area (Å²) in [5.74, 6) is -0.156. The smallest absolute Gasteiger partial charge is 0.211 e. The van der Waals surface area contributed by atoms with Gasteiger partial charge in [0.15, 0.2) is 11.6 Å². The zero-order valence-corrected chi connectivity index (χ0v) is 13.5. The Hall–Kier alpha value is -1.18. The average Bonchev–Trinajstić information content (AvgIpc) is 2.41. The van der Waals surface area contributed by atoms with Crippen LogP contribution in [0.25, 0.3) is 0 Å². The number of ether oxygens (including phenoxy) is 1. The van der Waals surface area contributed by atoms with Crippen LogP contribution in [0.4, 0.5) is 4.39 Å². The van der Waals surface area contributed by atoms with E-state index < -0.39 is 10.0 Å². The SMILES string of the molecule is CCN(CCCNCc1ccc(OC)c(F)c1)S(C)(=O)=O. The average molecular weight is 318 g/mol. The molecule has 1 rings (SSSR count). The van der Waals surface area contributed by atoms with Crippen molar-refractivity contribution in [3.05, 3.63) is 29.6 Å². The second kappa shape index (κ2) is 8.31. The van der Waals surface area contributed by atoms with Gasteiger partial charge in [-0.15, -0.1) is 0 Å². The van der Waals surface area contributed by atoms with Gasteiger partial charge in [0.25, 0.3) is 0 Å². The van der Waals surface area contributed by atoms with Crippen LogP contribution in [-0.2, 0) is 16.6 Å². The molecule has 0 saturated carbocycles. The van der Waals surface area contributed by atoms with Crippen LogP contribution in [-0.4, -0.2) is 45.7 Å². The molecule has 0 aliphatic heterocycles. The lowest BCUT2D eigenvalue weighted by atomic mass is 10.2. The fraction of sp³-hybridized carbons (Fsp3) is 0.571. The van der Waals surface area contributed by atoms with Gasteiger partial charge in [0.05, 0.1) is 13.4 Å². The van der Waals surface area contributed by atoms with Gasteiger partial charge in [-0.2, -0.15) is 0 Å². The van der Waals surface area contributed by atoms with Gasteiger partial charge in [0, 0.05) is 19.6 Å². The standard InChI is InChI=1S/C14H23FN2O3S/c1-4-17(21(3,18)19)9-5-8-16-11-12-6-7-14(20-2)13(15)10-12/h6-7,10,16H,4-5,8-9,11H2,1-3H3. The lowest BCUT2D eigenvalue weighted by molar-refractivity contribution is 0.386. The number of sulfonamides is 1. The maximum absolute atomic E-state index is 13.5. The van der Waals surface area contributed by atoms with Crippen molar-refractivity contribution < 1.29 is 17.5 Å². The highest BCUT2D eigenvalue weighted by Gasteiger charge is 2.12. The van der Waals surface area contributed by atoms with E-state index in [2.05, 4.69) is 5.32 Å². The van der Waals surface area contributed by atoms with E-state index in [0.29, 0.717) is 32.6 Å². The highest BCUT2D eigenvalue weighted by atomic mass is 32.2. The summed E-state index contributed by atoms with van der Waals surface area (Å²) in [4.78, 5) is 0. The number of halogens is 1. The molecule has 7 heteroatoms. The van der Waals surface area contributed by atoms with Crippen molar-refractivity contribution in [1.29, 1.82) is 0 Å². The fourth-order valence-electron chi connectivity index (χ4n) is 1.99. The van der Waals surface area contributed by atoms with E-state index in [1.54, 1.807) is 12.1 Å². The summed E-state index contributed by atoms with van der Waals surface area (Å²) in [6.07, 6.45) is 1.92. The molecule has 1 aromatic rings. The molecule has 0 heterocycles. The van der Waals surface area contributed by atoms with Crippen LogP contribution >= 0.6 is 0 Å². The van der Waals surface area contributed by atoms with Crippen LogP contribution < -0.4 is 10.1 Å². The minimum atomic E-state index is -3.13. The number of nitrogens with one attached hydrogen (secondary N) is 1. The van der Waals surface area contributed by atoms with Gasteiger partial charge in [-0.3, -0.25) is 0 Å². The second-order valence-electron chi connectivity index (χ2n) is 4.75. The van der Waals surface area contributed by atoms with Crippen LogP contribution in [0.2, 0.25) is 0 Å². The molecule has 5 nitrogen and oxygen atoms in total. The molecule has 21 heavy (non-hydrogen) atoms. The van der Waals surface area contributed by atoms with Gasteiger partial charge in [-0.1, -0.05) is 13.0 Å². The molecule has 1 aromatic carbocycles. The molecule has 0 atom stereocenters. The Morgan fingerprint density at radius 1 is 1.38 bits per heavy atom. The summed E-state index contributed by atoms with van der Waals surface area (Å²) in [7, 11) is -1.70. The third kappa shape index (κ3) is 5.99. The minimum absolute atomic E-state index is 0.227. The van der Waals surface area contributed by atoms with Crippen molar-refractivity contribution in [1.82, 2.24) is 9.62 Å². The number of nitrogens with zero attached hydrogens (tertiary/aromatic N) is 1. The molecule has 0 aliphatic rings. The molecule has 0 radical (unpaired) electrons. The monoisotopic (exact) mass is 318 g/mol. The molecule has 0 unspecified atom stereocenters. The molecule has 120 valence electrons. The largest absolute Gasteiger partial charge is 0.494 e. The maximum Gasteiger partial charge on any atom is 0.211 e. The Kier molecular flexibility index (Phi) is 7.07. The van der Waals surface area contributed by atoms with E-state index in [4.69, 9.17) is 4.74 Å². The fourth-order valence-corrected chi connectivity index (χ4v) is 2.92. The second-order valence-corrected chi connectivity index (χ2v) is 6.74. The van der Waals surface area contributed by atoms with Gasteiger partial charge in [0.1, 0.15) is 0 Å². The molecular formula is C14H23FN2O3S. The first-order valence-electron chi connectivity index (χ1n) is 6.86. The normalized spacial score (nSPS) is 11.9. The Labute approximate surface area is 126 Å². The Morgan fingerprint density at radius 2 is 2.10 bits per heavy atom. The summed E-state index contributed by atoms with van der Waals surface area (Å²) in [5.41, 5.74) is 0.823. The molecular weight excluding hydrogens is 295 g/mol. The third-order valence-electron chi connectivity index (χ3n) is 3.13. The van der Waals surface area contributed by atoms with Crippen molar-refractivity contribution in [2.45, 2.75) is 19.9 Å². The Balaban J connectivity index is 2.33. The first-order chi connectivity index (χ1) is 9.88. The lowest BCUT2D eigenvalue weighted by Crippen LogP contribution is -2.32. The van der Waals surface area contributed by atoms with Gasteiger partial charge < -0.3 is 10.1 Å². The quantitative estimate of drug-likeness (QED) is 0.703. The number of hydrogen-bond donors (Lipinski definition) is 1. The summed E-state index contributed by atoms with van der Waals surface area (Å²) in [5, 5.41) is 3.17. The molecule has 0 saturated heterocycles. The summed E-state index contributed by atoms with van der Waals surface area (Å²) in [6.45, 7) is 3.97. The molecule has 0 bridgehead atoms. The van der Waals surface area contributed by atoms with Crippen LogP contribution in [0.3, 0.4) is 0 Å². The molecule has 0 spiro atoms. The first kappa shape index (κ1) is 17.9. The van der Waals surface area contributed by atoms with Crippen LogP contribution in [0, 0.1) is 5.82 Å². The zero-order valence-electron chi connectivity index (χ0n) is 12.7. The lowest BCUT2D eigenvalue weighted by Gasteiger charge is -2.17. The van der Waals surface area contributed by atoms with Gasteiger partial charge in [-0.25, -0.2) is 17.1 Å². The predicted molar refractivity (Wildman–Crippen MR) is 81.4 cm³/mol. The van der Waals surface area contributed by atoms with Crippen molar-refractivity contribution in [3.8, 4) is 5.75 Å². The predicted octanol–water partition coefficient (Wildman–Crippen LogP) is 1.60. The van der Waals surface area contributed by atoms with Crippen molar-refractivity contribution in [3.63, 3.8) is 0 Å². The topological polar surface area (TPSA) is 58.6 Å². The van der Waals surface area contributed by atoms with Gasteiger partial charge in [0.2, 0.25) is 10.0 Å². The number of hydrogen-bond acceptors (Lipinski definition) is 4. The van der Waals surface area contributed by atoms with Gasteiger partial charge in [-0.05, 0) is 30.7 Å². The van der Waals surface area contributed by atoms with Crippen molar-refractivity contribution >= 4 is 10.0 Å². The van der Waals surface area contributed by atoms with Crippen LogP contribution in [0.5, 0.6) is 5.75 Å². The Bertz CT molecular complexity index is 549.